The van der Waals surface area contributed by atoms with Crippen LogP contribution in [-0.2, 0) is 0 Å². The third-order valence-electron chi connectivity index (χ3n) is 4.14. The molecule has 1 nitrogen and oxygen atoms in total. The molecule has 80 valence electrons. The zero-order valence-electron chi connectivity index (χ0n) is 8.31. The first-order valence-corrected chi connectivity index (χ1v) is 5.80. The Morgan fingerprint density at radius 2 is 1.71 bits per heavy atom. The standard InChI is InChI=1S/C11H17F2N/c12-11(13)9(7-3-4-7)10(11)8-2-1-5-14-6-8/h7-10,14H,1-6H2. The van der Waals surface area contributed by atoms with Crippen LogP contribution in [0.3, 0.4) is 0 Å². The van der Waals surface area contributed by atoms with Crippen LogP contribution < -0.4 is 5.32 Å². The smallest absolute Gasteiger partial charge is 0.255 e. The van der Waals surface area contributed by atoms with Crippen LogP contribution in [0.4, 0.5) is 8.78 Å². The van der Waals surface area contributed by atoms with E-state index in [2.05, 4.69) is 5.32 Å². The van der Waals surface area contributed by atoms with Crippen LogP contribution in [0.5, 0.6) is 0 Å². The summed E-state index contributed by atoms with van der Waals surface area (Å²) >= 11 is 0. The van der Waals surface area contributed by atoms with Crippen LogP contribution in [-0.4, -0.2) is 19.0 Å². The number of hydrogen-bond donors (Lipinski definition) is 1. The molecule has 1 aliphatic heterocycles. The summed E-state index contributed by atoms with van der Waals surface area (Å²) in [6.07, 6.45) is 4.19. The predicted molar refractivity (Wildman–Crippen MR) is 50.2 cm³/mol. The predicted octanol–water partition coefficient (Wildman–Crippen LogP) is 2.28. The molecule has 1 heterocycles. The van der Waals surface area contributed by atoms with Gasteiger partial charge in [-0.05, 0) is 50.6 Å². The molecule has 1 saturated heterocycles. The summed E-state index contributed by atoms with van der Waals surface area (Å²) in [5.41, 5.74) is 0. The van der Waals surface area contributed by atoms with Crippen LogP contribution in [0.2, 0.25) is 0 Å². The third-order valence-corrected chi connectivity index (χ3v) is 4.14. The lowest BCUT2D eigenvalue weighted by molar-refractivity contribution is 0.0682. The number of halogens is 2. The molecule has 0 aromatic heterocycles. The quantitative estimate of drug-likeness (QED) is 0.722. The molecule has 2 aliphatic carbocycles. The van der Waals surface area contributed by atoms with Gasteiger partial charge in [0.2, 0.25) is 0 Å². The first-order chi connectivity index (χ1) is 6.71. The number of nitrogens with one attached hydrogen (secondary N) is 1. The Kier molecular flexibility index (Phi) is 1.88. The summed E-state index contributed by atoms with van der Waals surface area (Å²) in [5.74, 6) is -2.21. The van der Waals surface area contributed by atoms with Gasteiger partial charge in [0.25, 0.3) is 5.92 Å². The van der Waals surface area contributed by atoms with E-state index in [9.17, 15) is 8.78 Å². The highest BCUT2D eigenvalue weighted by Gasteiger charge is 2.73. The van der Waals surface area contributed by atoms with Crippen molar-refractivity contribution in [1.82, 2.24) is 5.32 Å². The van der Waals surface area contributed by atoms with E-state index in [4.69, 9.17) is 0 Å². The molecule has 3 heteroatoms. The van der Waals surface area contributed by atoms with Gasteiger partial charge in [0.1, 0.15) is 0 Å². The second-order valence-corrected chi connectivity index (χ2v) is 5.17. The number of piperidine rings is 1. The Morgan fingerprint density at radius 1 is 1.00 bits per heavy atom. The van der Waals surface area contributed by atoms with Gasteiger partial charge in [0.15, 0.2) is 0 Å². The second-order valence-electron chi connectivity index (χ2n) is 5.17. The van der Waals surface area contributed by atoms with Crippen molar-refractivity contribution >= 4 is 0 Å². The molecule has 0 bridgehead atoms. The first-order valence-electron chi connectivity index (χ1n) is 5.80. The van der Waals surface area contributed by atoms with Gasteiger partial charge in [-0.15, -0.1) is 0 Å². The van der Waals surface area contributed by atoms with Crippen molar-refractivity contribution < 1.29 is 8.78 Å². The maximum absolute atomic E-state index is 13.5. The van der Waals surface area contributed by atoms with Crippen molar-refractivity contribution in [3.63, 3.8) is 0 Å². The normalized spacial score (nSPS) is 46.3. The van der Waals surface area contributed by atoms with Gasteiger partial charge in [-0.1, -0.05) is 0 Å². The highest BCUT2D eigenvalue weighted by molar-refractivity contribution is 5.13. The molecular formula is C11H17F2N. The minimum absolute atomic E-state index is 0.243. The fraction of sp³-hybridized carbons (Fsp3) is 1.00. The van der Waals surface area contributed by atoms with Gasteiger partial charge in [0, 0.05) is 11.8 Å². The summed E-state index contributed by atoms with van der Waals surface area (Å²) in [7, 11) is 0. The van der Waals surface area contributed by atoms with Gasteiger partial charge in [0.05, 0.1) is 0 Å². The summed E-state index contributed by atoms with van der Waals surface area (Å²) in [6.45, 7) is 1.84. The Bertz CT molecular complexity index is 231. The molecule has 3 rings (SSSR count). The fourth-order valence-electron chi connectivity index (χ4n) is 3.23. The molecule has 0 radical (unpaired) electrons. The summed E-state index contributed by atoms with van der Waals surface area (Å²) in [5, 5.41) is 3.24. The van der Waals surface area contributed by atoms with E-state index in [0.717, 1.165) is 38.8 Å². The van der Waals surface area contributed by atoms with Gasteiger partial charge in [-0.2, -0.15) is 0 Å². The average Bonchev–Trinajstić information content (AvgIpc) is 3.03. The van der Waals surface area contributed by atoms with Crippen LogP contribution in [0, 0.1) is 23.7 Å². The maximum atomic E-state index is 13.5. The highest BCUT2D eigenvalue weighted by Crippen LogP contribution is 2.67. The van der Waals surface area contributed by atoms with Crippen molar-refractivity contribution in [2.24, 2.45) is 23.7 Å². The molecule has 0 spiro atoms. The minimum atomic E-state index is -2.31. The monoisotopic (exact) mass is 201 g/mol. The molecule has 2 saturated carbocycles. The molecule has 3 aliphatic rings. The SMILES string of the molecule is FC1(F)C(C2CC2)C1C1CCCNC1. The third kappa shape index (κ3) is 1.28. The molecule has 1 N–H and O–H groups in total. The maximum Gasteiger partial charge on any atom is 0.255 e. The molecule has 0 aromatic rings. The van der Waals surface area contributed by atoms with Gasteiger partial charge < -0.3 is 5.32 Å². The van der Waals surface area contributed by atoms with Crippen molar-refractivity contribution in [2.75, 3.05) is 13.1 Å². The summed E-state index contributed by atoms with van der Waals surface area (Å²) in [4.78, 5) is 0. The Balaban J connectivity index is 1.67. The van der Waals surface area contributed by atoms with E-state index < -0.39 is 5.92 Å². The van der Waals surface area contributed by atoms with E-state index in [1.807, 2.05) is 0 Å². The van der Waals surface area contributed by atoms with Gasteiger partial charge in [-0.3, -0.25) is 0 Å². The number of hydrogen-bond acceptors (Lipinski definition) is 1. The molecule has 0 amide bonds. The van der Waals surface area contributed by atoms with Gasteiger partial charge in [-0.25, -0.2) is 8.78 Å². The molecule has 14 heavy (non-hydrogen) atoms. The molecule has 3 fully saturated rings. The van der Waals surface area contributed by atoms with Crippen molar-refractivity contribution in [2.45, 2.75) is 31.6 Å². The van der Waals surface area contributed by atoms with E-state index in [0.29, 0.717) is 5.92 Å². The second kappa shape index (κ2) is 2.91. The molecule has 3 unspecified atom stereocenters. The van der Waals surface area contributed by atoms with Crippen LogP contribution in [0.25, 0.3) is 0 Å². The average molecular weight is 201 g/mol. The lowest BCUT2D eigenvalue weighted by Crippen LogP contribution is -2.32. The largest absolute Gasteiger partial charge is 0.316 e. The minimum Gasteiger partial charge on any atom is -0.316 e. The van der Waals surface area contributed by atoms with Crippen molar-refractivity contribution in [1.29, 1.82) is 0 Å². The molecular weight excluding hydrogens is 184 g/mol. The lowest BCUT2D eigenvalue weighted by Gasteiger charge is -2.22. The van der Waals surface area contributed by atoms with Crippen LogP contribution in [0.15, 0.2) is 0 Å². The molecule has 0 aromatic carbocycles. The van der Waals surface area contributed by atoms with E-state index in [-0.39, 0.29) is 17.8 Å². The fourth-order valence-corrected chi connectivity index (χ4v) is 3.23. The van der Waals surface area contributed by atoms with Crippen LogP contribution >= 0.6 is 0 Å². The van der Waals surface area contributed by atoms with E-state index in [1.165, 1.54) is 0 Å². The number of rotatable bonds is 2. The Morgan fingerprint density at radius 3 is 2.29 bits per heavy atom. The zero-order valence-corrected chi connectivity index (χ0v) is 8.31. The Labute approximate surface area is 83.3 Å². The topological polar surface area (TPSA) is 12.0 Å². The van der Waals surface area contributed by atoms with E-state index in [1.54, 1.807) is 0 Å². The molecule has 3 atom stereocenters. The summed E-state index contributed by atoms with van der Waals surface area (Å²) < 4.78 is 27.0. The van der Waals surface area contributed by atoms with E-state index >= 15 is 0 Å². The van der Waals surface area contributed by atoms with Crippen molar-refractivity contribution in [3.8, 4) is 0 Å². The van der Waals surface area contributed by atoms with Crippen molar-refractivity contribution in [3.05, 3.63) is 0 Å². The van der Waals surface area contributed by atoms with Gasteiger partial charge >= 0.3 is 0 Å². The van der Waals surface area contributed by atoms with Crippen LogP contribution in [0.1, 0.15) is 25.7 Å². The lowest BCUT2D eigenvalue weighted by atomic mass is 9.92. The zero-order chi connectivity index (χ0) is 9.76. The number of alkyl halides is 2. The highest BCUT2D eigenvalue weighted by atomic mass is 19.3. The first kappa shape index (κ1) is 9.08. The Hall–Kier alpha value is -0.180. The summed E-state index contributed by atoms with van der Waals surface area (Å²) in [6, 6.07) is 0.